The summed E-state index contributed by atoms with van der Waals surface area (Å²) < 4.78 is 13.0. The topological polar surface area (TPSA) is 85.6 Å². The van der Waals surface area contributed by atoms with Gasteiger partial charge in [-0.2, -0.15) is 5.10 Å². The number of halogens is 1. The van der Waals surface area contributed by atoms with Crippen LogP contribution in [0.1, 0.15) is 18.3 Å². The van der Waals surface area contributed by atoms with E-state index in [1.165, 1.54) is 6.33 Å². The molecule has 160 valence electrons. The van der Waals surface area contributed by atoms with Gasteiger partial charge in [-0.3, -0.25) is 4.68 Å². The molecule has 2 aromatic carbocycles. The van der Waals surface area contributed by atoms with E-state index in [4.69, 9.17) is 9.47 Å². The van der Waals surface area contributed by atoms with Crippen LogP contribution in [0.2, 0.25) is 0 Å². The Morgan fingerprint density at radius 3 is 2.43 bits per heavy atom. The number of methoxy groups -OCH3 is 1. The number of rotatable bonds is 8. The molecule has 1 aromatic heterocycles. The Kier molecular flexibility index (Phi) is 9.39. The molecular weight excluding hydrogens is 495 g/mol. The maximum atomic E-state index is 5.91. The van der Waals surface area contributed by atoms with E-state index < -0.39 is 0 Å². The number of aryl methyl sites for hydroxylation is 1. The highest BCUT2D eigenvalue weighted by atomic mass is 127. The van der Waals surface area contributed by atoms with Crippen LogP contribution in [0.25, 0.3) is 0 Å². The van der Waals surface area contributed by atoms with E-state index in [2.05, 4.69) is 25.7 Å². The van der Waals surface area contributed by atoms with E-state index in [1.54, 1.807) is 11.8 Å². The number of nitrogens with zero attached hydrogens (tertiary/aromatic N) is 4. The monoisotopic (exact) mass is 522 g/mol. The fourth-order valence-electron chi connectivity index (χ4n) is 2.65. The molecule has 0 atom stereocenters. The SMILES string of the molecule is CCNC(=NCc1ccc(Oc2ccccc2OC)cc1)NCc1ncnn1C.I. The quantitative estimate of drug-likeness (QED) is 0.268. The van der Waals surface area contributed by atoms with Crippen molar-refractivity contribution in [3.63, 3.8) is 0 Å². The summed E-state index contributed by atoms with van der Waals surface area (Å²) in [5, 5.41) is 10.6. The lowest BCUT2D eigenvalue weighted by atomic mass is 10.2. The molecule has 0 unspecified atom stereocenters. The van der Waals surface area contributed by atoms with Gasteiger partial charge in [0.25, 0.3) is 0 Å². The van der Waals surface area contributed by atoms with Crippen LogP contribution in [0.4, 0.5) is 0 Å². The van der Waals surface area contributed by atoms with Gasteiger partial charge in [-0.25, -0.2) is 9.98 Å². The van der Waals surface area contributed by atoms with Crippen LogP contribution in [0, 0.1) is 0 Å². The van der Waals surface area contributed by atoms with Crippen LogP contribution < -0.4 is 20.1 Å². The van der Waals surface area contributed by atoms with Gasteiger partial charge in [-0.1, -0.05) is 24.3 Å². The molecule has 0 saturated heterocycles. The highest BCUT2D eigenvalue weighted by molar-refractivity contribution is 14.0. The molecule has 30 heavy (non-hydrogen) atoms. The standard InChI is InChI=1S/C21H26N6O2.HI/c1-4-22-21(24-14-20-25-15-26-27(20)2)23-13-16-9-11-17(12-10-16)29-19-8-6-5-7-18(19)28-3;/h5-12,15H,4,13-14H2,1-3H3,(H2,22,23,24);1H. The largest absolute Gasteiger partial charge is 0.493 e. The van der Waals surface area contributed by atoms with Crippen molar-refractivity contribution in [2.75, 3.05) is 13.7 Å². The molecule has 2 N–H and O–H groups in total. The molecule has 0 aliphatic rings. The third-order valence-electron chi connectivity index (χ3n) is 4.20. The Morgan fingerprint density at radius 1 is 1.07 bits per heavy atom. The Morgan fingerprint density at radius 2 is 1.80 bits per heavy atom. The van der Waals surface area contributed by atoms with Gasteiger partial charge in [0.05, 0.1) is 20.2 Å². The maximum Gasteiger partial charge on any atom is 0.191 e. The molecular formula is C21H27IN6O2. The normalized spacial score (nSPS) is 10.8. The van der Waals surface area contributed by atoms with Crippen LogP contribution >= 0.6 is 24.0 Å². The van der Waals surface area contributed by atoms with Gasteiger partial charge in [0.1, 0.15) is 17.9 Å². The van der Waals surface area contributed by atoms with E-state index in [-0.39, 0.29) is 24.0 Å². The van der Waals surface area contributed by atoms with E-state index in [0.717, 1.165) is 29.6 Å². The zero-order valence-corrected chi connectivity index (χ0v) is 19.7. The molecule has 3 aromatic rings. The highest BCUT2D eigenvalue weighted by Gasteiger charge is 2.05. The summed E-state index contributed by atoms with van der Waals surface area (Å²) in [5.74, 6) is 3.70. The van der Waals surface area contributed by atoms with E-state index >= 15 is 0 Å². The minimum absolute atomic E-state index is 0. The summed E-state index contributed by atoms with van der Waals surface area (Å²) in [6.07, 6.45) is 1.54. The number of hydrogen-bond donors (Lipinski definition) is 2. The molecule has 8 nitrogen and oxygen atoms in total. The van der Waals surface area contributed by atoms with E-state index in [1.807, 2.05) is 62.5 Å². The second-order valence-corrected chi connectivity index (χ2v) is 6.25. The molecule has 0 aliphatic carbocycles. The number of guanidine groups is 1. The minimum atomic E-state index is 0. The Bertz CT molecular complexity index is 943. The third-order valence-corrected chi connectivity index (χ3v) is 4.20. The number of aromatic nitrogens is 3. The Labute approximate surface area is 193 Å². The zero-order chi connectivity index (χ0) is 20.5. The number of benzene rings is 2. The molecule has 3 rings (SSSR count). The van der Waals surface area contributed by atoms with Crippen molar-refractivity contribution in [3.8, 4) is 17.2 Å². The average Bonchev–Trinajstić information content (AvgIpc) is 3.16. The van der Waals surface area contributed by atoms with Crippen molar-refractivity contribution in [1.82, 2.24) is 25.4 Å². The van der Waals surface area contributed by atoms with Crippen molar-refractivity contribution in [3.05, 3.63) is 66.2 Å². The van der Waals surface area contributed by atoms with Crippen LogP contribution in [0.3, 0.4) is 0 Å². The lowest BCUT2D eigenvalue weighted by molar-refractivity contribution is 0.379. The van der Waals surface area contributed by atoms with Crippen molar-refractivity contribution in [1.29, 1.82) is 0 Å². The van der Waals surface area contributed by atoms with Gasteiger partial charge >= 0.3 is 0 Å². The first-order valence-electron chi connectivity index (χ1n) is 9.44. The molecule has 0 spiro atoms. The summed E-state index contributed by atoms with van der Waals surface area (Å²) in [6.45, 7) is 3.90. The maximum absolute atomic E-state index is 5.91. The van der Waals surface area contributed by atoms with Gasteiger partial charge in [0, 0.05) is 13.6 Å². The molecule has 0 saturated carbocycles. The predicted molar refractivity (Wildman–Crippen MR) is 128 cm³/mol. The first-order chi connectivity index (χ1) is 14.2. The lowest BCUT2D eigenvalue weighted by Gasteiger charge is -2.11. The minimum Gasteiger partial charge on any atom is -0.493 e. The smallest absolute Gasteiger partial charge is 0.191 e. The fraction of sp³-hybridized carbons (Fsp3) is 0.286. The Balaban J connectivity index is 0.00000320. The van der Waals surface area contributed by atoms with Gasteiger partial charge in [-0.15, -0.1) is 24.0 Å². The van der Waals surface area contributed by atoms with E-state index in [9.17, 15) is 0 Å². The molecule has 1 heterocycles. The van der Waals surface area contributed by atoms with Crippen molar-refractivity contribution in [2.24, 2.45) is 12.0 Å². The van der Waals surface area contributed by atoms with Crippen LogP contribution in [-0.2, 0) is 20.1 Å². The number of hydrogen-bond acceptors (Lipinski definition) is 5. The van der Waals surface area contributed by atoms with Crippen molar-refractivity contribution >= 4 is 29.9 Å². The second kappa shape index (κ2) is 12.0. The summed E-state index contributed by atoms with van der Waals surface area (Å²) >= 11 is 0. The third kappa shape index (κ3) is 6.61. The number of ether oxygens (including phenoxy) is 2. The molecule has 0 radical (unpaired) electrons. The van der Waals surface area contributed by atoms with E-state index in [0.29, 0.717) is 24.6 Å². The zero-order valence-electron chi connectivity index (χ0n) is 17.3. The van der Waals surface area contributed by atoms with Gasteiger partial charge < -0.3 is 20.1 Å². The molecule has 0 amide bonds. The number of nitrogens with one attached hydrogen (secondary N) is 2. The van der Waals surface area contributed by atoms with Gasteiger partial charge in [0.2, 0.25) is 0 Å². The molecule has 9 heteroatoms. The summed E-state index contributed by atoms with van der Waals surface area (Å²) in [6, 6.07) is 15.4. The Hall–Kier alpha value is -2.82. The number of para-hydroxylation sites is 2. The van der Waals surface area contributed by atoms with Gasteiger partial charge in [0.15, 0.2) is 17.5 Å². The molecule has 0 aliphatic heterocycles. The first-order valence-corrected chi connectivity index (χ1v) is 9.44. The first kappa shape index (κ1) is 23.5. The van der Waals surface area contributed by atoms with Crippen LogP contribution in [0.5, 0.6) is 17.2 Å². The summed E-state index contributed by atoms with van der Waals surface area (Å²) in [7, 11) is 3.49. The van der Waals surface area contributed by atoms with Crippen molar-refractivity contribution < 1.29 is 9.47 Å². The molecule has 0 fully saturated rings. The second-order valence-electron chi connectivity index (χ2n) is 6.25. The van der Waals surface area contributed by atoms with Crippen LogP contribution in [-0.4, -0.2) is 34.4 Å². The molecule has 0 bridgehead atoms. The summed E-state index contributed by atoms with van der Waals surface area (Å²) in [5.41, 5.74) is 1.08. The average molecular weight is 522 g/mol. The summed E-state index contributed by atoms with van der Waals surface area (Å²) in [4.78, 5) is 8.84. The number of aliphatic imine (C=N–C) groups is 1. The van der Waals surface area contributed by atoms with Crippen molar-refractivity contribution in [2.45, 2.75) is 20.0 Å². The highest BCUT2D eigenvalue weighted by Crippen LogP contribution is 2.30. The fourth-order valence-corrected chi connectivity index (χ4v) is 2.65. The predicted octanol–water partition coefficient (Wildman–Crippen LogP) is 3.49. The lowest BCUT2D eigenvalue weighted by Crippen LogP contribution is -2.37. The van der Waals surface area contributed by atoms with Gasteiger partial charge in [-0.05, 0) is 36.8 Å². The van der Waals surface area contributed by atoms with Crippen LogP contribution in [0.15, 0.2) is 59.9 Å².